The zero-order chi connectivity index (χ0) is 11.9. The number of unbranched alkanes of at least 4 members (excludes halogenated alkanes) is 1. The van der Waals surface area contributed by atoms with Gasteiger partial charge < -0.3 is 5.73 Å². The van der Waals surface area contributed by atoms with Crippen molar-refractivity contribution in [1.29, 1.82) is 0 Å². The van der Waals surface area contributed by atoms with Crippen molar-refractivity contribution < 1.29 is 8.42 Å². The smallest absolute Gasteiger partial charge is 0.214 e. The van der Waals surface area contributed by atoms with Crippen molar-refractivity contribution in [2.24, 2.45) is 5.73 Å². The average Bonchev–Trinajstić information content (AvgIpc) is 2.16. The lowest BCUT2D eigenvalue weighted by Crippen LogP contribution is -2.35. The maximum atomic E-state index is 12.0. The summed E-state index contributed by atoms with van der Waals surface area (Å²) >= 11 is 0. The van der Waals surface area contributed by atoms with Crippen LogP contribution in [-0.4, -0.2) is 38.1 Å². The summed E-state index contributed by atoms with van der Waals surface area (Å²) in [6.45, 7) is 2.01. The molecule has 96 valence electrons. The van der Waals surface area contributed by atoms with Gasteiger partial charge in [-0.1, -0.05) is 19.3 Å². The molecule has 0 unspecified atom stereocenters. The molecule has 2 N–H and O–H groups in total. The Labute approximate surface area is 99.2 Å². The van der Waals surface area contributed by atoms with Crippen molar-refractivity contribution in [3.63, 3.8) is 0 Å². The second kappa shape index (κ2) is 7.25. The first kappa shape index (κ1) is 13.9. The van der Waals surface area contributed by atoms with Crippen LogP contribution in [0.3, 0.4) is 0 Å². The second-order valence-corrected chi connectivity index (χ2v) is 6.57. The van der Waals surface area contributed by atoms with E-state index in [0.717, 1.165) is 32.1 Å². The Morgan fingerprint density at radius 3 is 2.06 bits per heavy atom. The molecule has 0 atom stereocenters. The van der Waals surface area contributed by atoms with Crippen LogP contribution < -0.4 is 5.73 Å². The van der Waals surface area contributed by atoms with Crippen molar-refractivity contribution in [3.05, 3.63) is 0 Å². The summed E-state index contributed by atoms with van der Waals surface area (Å²) in [5, 5.41) is 0. The molecule has 1 rings (SSSR count). The predicted molar refractivity (Wildman–Crippen MR) is 66.7 cm³/mol. The fourth-order valence-corrected chi connectivity index (χ4v) is 3.70. The number of rotatable bonds is 5. The third-order valence-corrected chi connectivity index (χ3v) is 5.02. The van der Waals surface area contributed by atoms with Gasteiger partial charge in [0.25, 0.3) is 0 Å². The van der Waals surface area contributed by atoms with Gasteiger partial charge in [-0.05, 0) is 32.2 Å². The summed E-state index contributed by atoms with van der Waals surface area (Å²) in [6, 6.07) is 0. The zero-order valence-corrected chi connectivity index (χ0v) is 10.8. The molecule has 0 radical (unpaired) electrons. The summed E-state index contributed by atoms with van der Waals surface area (Å²) in [5.41, 5.74) is 5.37. The second-order valence-electron chi connectivity index (χ2n) is 4.48. The zero-order valence-electron chi connectivity index (χ0n) is 10.0. The number of sulfonamides is 1. The SMILES string of the molecule is NCCCCS(=O)(=O)N1CCCCCCC1. The largest absolute Gasteiger partial charge is 0.330 e. The van der Waals surface area contributed by atoms with Crippen LogP contribution in [0, 0.1) is 0 Å². The van der Waals surface area contributed by atoms with Gasteiger partial charge in [0, 0.05) is 13.1 Å². The van der Waals surface area contributed by atoms with Crippen LogP contribution in [0.2, 0.25) is 0 Å². The fourth-order valence-electron chi connectivity index (χ4n) is 2.05. The molecule has 1 saturated heterocycles. The molecule has 0 amide bonds. The molecule has 0 bridgehead atoms. The van der Waals surface area contributed by atoms with E-state index in [1.807, 2.05) is 0 Å². The van der Waals surface area contributed by atoms with Gasteiger partial charge in [0.2, 0.25) is 10.0 Å². The van der Waals surface area contributed by atoms with E-state index in [2.05, 4.69) is 0 Å². The fraction of sp³-hybridized carbons (Fsp3) is 1.00. The maximum absolute atomic E-state index is 12.0. The Morgan fingerprint density at radius 1 is 0.938 bits per heavy atom. The monoisotopic (exact) mass is 248 g/mol. The molecular weight excluding hydrogens is 224 g/mol. The van der Waals surface area contributed by atoms with Gasteiger partial charge in [-0.2, -0.15) is 0 Å². The molecule has 0 saturated carbocycles. The van der Waals surface area contributed by atoms with E-state index in [9.17, 15) is 8.42 Å². The number of hydrogen-bond donors (Lipinski definition) is 1. The third kappa shape index (κ3) is 4.80. The Hall–Kier alpha value is -0.130. The summed E-state index contributed by atoms with van der Waals surface area (Å²) in [6.07, 6.45) is 7.08. The minimum Gasteiger partial charge on any atom is -0.330 e. The molecule has 1 aliphatic rings. The minimum absolute atomic E-state index is 0.268. The molecule has 0 aliphatic carbocycles. The van der Waals surface area contributed by atoms with Gasteiger partial charge in [0.15, 0.2) is 0 Å². The first-order valence-electron chi connectivity index (χ1n) is 6.35. The lowest BCUT2D eigenvalue weighted by molar-refractivity contribution is 0.363. The van der Waals surface area contributed by atoms with Crippen molar-refractivity contribution in [2.75, 3.05) is 25.4 Å². The molecule has 1 aliphatic heterocycles. The Balaban J connectivity index is 2.44. The normalized spacial score (nSPS) is 20.3. The van der Waals surface area contributed by atoms with Gasteiger partial charge in [-0.15, -0.1) is 0 Å². The molecule has 0 aromatic carbocycles. The summed E-state index contributed by atoms with van der Waals surface area (Å²) in [7, 11) is -3.02. The molecule has 0 spiro atoms. The average molecular weight is 248 g/mol. The van der Waals surface area contributed by atoms with E-state index in [1.54, 1.807) is 4.31 Å². The van der Waals surface area contributed by atoms with Crippen LogP contribution in [-0.2, 0) is 10.0 Å². The van der Waals surface area contributed by atoms with Crippen molar-refractivity contribution in [1.82, 2.24) is 4.31 Å². The van der Waals surface area contributed by atoms with E-state index < -0.39 is 10.0 Å². The highest BCUT2D eigenvalue weighted by molar-refractivity contribution is 7.89. The Morgan fingerprint density at radius 2 is 1.50 bits per heavy atom. The van der Waals surface area contributed by atoms with E-state index >= 15 is 0 Å². The minimum atomic E-state index is -3.02. The molecule has 16 heavy (non-hydrogen) atoms. The Bertz CT molecular complexity index is 270. The van der Waals surface area contributed by atoms with Crippen LogP contribution in [0.1, 0.15) is 44.9 Å². The highest BCUT2D eigenvalue weighted by Gasteiger charge is 2.21. The van der Waals surface area contributed by atoms with Crippen LogP contribution >= 0.6 is 0 Å². The lowest BCUT2D eigenvalue weighted by Gasteiger charge is -2.24. The number of nitrogens with zero attached hydrogens (tertiary/aromatic N) is 1. The van der Waals surface area contributed by atoms with E-state index in [0.29, 0.717) is 26.1 Å². The van der Waals surface area contributed by atoms with Crippen molar-refractivity contribution in [2.45, 2.75) is 44.9 Å². The van der Waals surface area contributed by atoms with Gasteiger partial charge in [-0.25, -0.2) is 12.7 Å². The standard InChI is InChI=1S/C11H24N2O2S/c12-8-4-7-11-16(14,15)13-9-5-2-1-3-6-10-13/h1-12H2. The molecule has 0 aromatic rings. The van der Waals surface area contributed by atoms with Crippen LogP contribution in [0.15, 0.2) is 0 Å². The molecular formula is C11H24N2O2S. The van der Waals surface area contributed by atoms with Crippen molar-refractivity contribution >= 4 is 10.0 Å². The van der Waals surface area contributed by atoms with Gasteiger partial charge in [0.1, 0.15) is 0 Å². The summed E-state index contributed by atoms with van der Waals surface area (Å²) in [5.74, 6) is 0.268. The number of hydrogen-bond acceptors (Lipinski definition) is 3. The molecule has 5 heteroatoms. The summed E-state index contributed by atoms with van der Waals surface area (Å²) in [4.78, 5) is 0. The van der Waals surface area contributed by atoms with Gasteiger partial charge in [0.05, 0.1) is 5.75 Å². The topological polar surface area (TPSA) is 63.4 Å². The van der Waals surface area contributed by atoms with Crippen LogP contribution in [0.4, 0.5) is 0 Å². The molecule has 1 heterocycles. The maximum Gasteiger partial charge on any atom is 0.214 e. The first-order valence-corrected chi connectivity index (χ1v) is 7.95. The van der Waals surface area contributed by atoms with E-state index in [4.69, 9.17) is 5.73 Å². The van der Waals surface area contributed by atoms with Crippen LogP contribution in [0.25, 0.3) is 0 Å². The molecule has 0 aromatic heterocycles. The lowest BCUT2D eigenvalue weighted by atomic mass is 10.1. The molecule has 1 fully saturated rings. The quantitative estimate of drug-likeness (QED) is 0.746. The van der Waals surface area contributed by atoms with Crippen LogP contribution in [0.5, 0.6) is 0 Å². The van der Waals surface area contributed by atoms with E-state index in [-0.39, 0.29) is 5.75 Å². The summed E-state index contributed by atoms with van der Waals surface area (Å²) < 4.78 is 25.7. The highest BCUT2D eigenvalue weighted by atomic mass is 32.2. The molecule has 4 nitrogen and oxygen atoms in total. The van der Waals surface area contributed by atoms with Gasteiger partial charge >= 0.3 is 0 Å². The Kier molecular flexibility index (Phi) is 6.31. The third-order valence-electron chi connectivity index (χ3n) is 3.06. The van der Waals surface area contributed by atoms with E-state index in [1.165, 1.54) is 6.42 Å². The van der Waals surface area contributed by atoms with Crippen molar-refractivity contribution in [3.8, 4) is 0 Å². The number of nitrogens with two attached hydrogens (primary N) is 1. The highest BCUT2D eigenvalue weighted by Crippen LogP contribution is 2.14. The first-order chi connectivity index (χ1) is 7.67. The van der Waals surface area contributed by atoms with Gasteiger partial charge in [-0.3, -0.25) is 0 Å². The predicted octanol–water partition coefficient (Wildman–Crippen LogP) is 1.32.